The van der Waals surface area contributed by atoms with E-state index in [1.807, 2.05) is 6.07 Å². The highest BCUT2D eigenvalue weighted by Gasteiger charge is 2.17. The Labute approximate surface area is 156 Å². The number of benzene rings is 2. The van der Waals surface area contributed by atoms with Gasteiger partial charge in [-0.2, -0.15) is 0 Å². The minimum absolute atomic E-state index is 0.0363. The predicted molar refractivity (Wildman–Crippen MR) is 100 cm³/mol. The fraction of sp³-hybridized carbons (Fsp3) is 0.238. The van der Waals surface area contributed by atoms with Crippen LogP contribution < -0.4 is 10.1 Å². The van der Waals surface area contributed by atoms with Gasteiger partial charge in [0, 0.05) is 23.1 Å². The largest absolute Gasteiger partial charge is 0.497 e. The van der Waals surface area contributed by atoms with Gasteiger partial charge >= 0.3 is 0 Å². The minimum atomic E-state index is -0.617. The Hall–Kier alpha value is -3.02. The molecule has 3 rings (SSSR count). The van der Waals surface area contributed by atoms with Crippen LogP contribution in [0, 0.1) is 18.6 Å². The highest BCUT2D eigenvalue weighted by molar-refractivity contribution is 5.98. The van der Waals surface area contributed by atoms with Crippen LogP contribution in [0.5, 0.6) is 5.75 Å². The summed E-state index contributed by atoms with van der Waals surface area (Å²) >= 11 is 0. The maximum Gasteiger partial charge on any atom is 0.253 e. The van der Waals surface area contributed by atoms with Gasteiger partial charge in [-0.3, -0.25) is 9.78 Å². The van der Waals surface area contributed by atoms with Crippen molar-refractivity contribution >= 4 is 16.8 Å². The SMILES string of the molecule is COc1ccc2cc(C(=O)NC(C)Cc3c(F)cccc3F)c(C)nc2c1. The summed E-state index contributed by atoms with van der Waals surface area (Å²) in [6.45, 7) is 3.45. The molecule has 0 spiro atoms. The van der Waals surface area contributed by atoms with Crippen molar-refractivity contribution < 1.29 is 18.3 Å². The van der Waals surface area contributed by atoms with Gasteiger partial charge in [-0.05, 0) is 50.6 Å². The number of ether oxygens (including phenoxy) is 1. The van der Waals surface area contributed by atoms with Crippen molar-refractivity contribution in [1.82, 2.24) is 10.3 Å². The number of pyridine rings is 1. The molecule has 1 amide bonds. The zero-order valence-electron chi connectivity index (χ0n) is 15.3. The molecule has 140 valence electrons. The fourth-order valence-electron chi connectivity index (χ4n) is 2.99. The summed E-state index contributed by atoms with van der Waals surface area (Å²) in [7, 11) is 1.58. The number of aromatic nitrogens is 1. The molecule has 4 nitrogen and oxygen atoms in total. The Morgan fingerprint density at radius 3 is 2.56 bits per heavy atom. The number of methoxy groups -OCH3 is 1. The van der Waals surface area contributed by atoms with E-state index in [-0.39, 0.29) is 17.9 Å². The zero-order chi connectivity index (χ0) is 19.6. The number of amides is 1. The second-order valence-corrected chi connectivity index (χ2v) is 6.46. The van der Waals surface area contributed by atoms with Crippen molar-refractivity contribution in [3.8, 4) is 5.75 Å². The first-order valence-corrected chi connectivity index (χ1v) is 8.58. The summed E-state index contributed by atoms with van der Waals surface area (Å²) in [5.74, 6) is -0.878. The maximum atomic E-state index is 13.8. The van der Waals surface area contributed by atoms with Crippen molar-refractivity contribution in [3.05, 3.63) is 70.9 Å². The lowest BCUT2D eigenvalue weighted by Crippen LogP contribution is -2.35. The lowest BCUT2D eigenvalue weighted by Gasteiger charge is -2.16. The lowest BCUT2D eigenvalue weighted by atomic mass is 10.0. The Kier molecular flexibility index (Phi) is 5.35. The number of halogens is 2. The molecule has 6 heteroatoms. The van der Waals surface area contributed by atoms with Crippen LogP contribution in [-0.4, -0.2) is 24.0 Å². The maximum absolute atomic E-state index is 13.8. The third-order valence-electron chi connectivity index (χ3n) is 4.41. The van der Waals surface area contributed by atoms with Gasteiger partial charge in [0.1, 0.15) is 17.4 Å². The normalized spacial score (nSPS) is 12.0. The number of nitrogens with one attached hydrogen (secondary N) is 1. The summed E-state index contributed by atoms with van der Waals surface area (Å²) in [6, 6.07) is 10.5. The number of nitrogens with zero attached hydrogens (tertiary/aromatic N) is 1. The molecule has 0 saturated heterocycles. The third-order valence-corrected chi connectivity index (χ3v) is 4.41. The minimum Gasteiger partial charge on any atom is -0.497 e. The van der Waals surface area contributed by atoms with Crippen LogP contribution in [0.2, 0.25) is 0 Å². The van der Waals surface area contributed by atoms with Gasteiger partial charge in [0.25, 0.3) is 5.91 Å². The van der Waals surface area contributed by atoms with E-state index in [9.17, 15) is 13.6 Å². The van der Waals surface area contributed by atoms with Crippen molar-refractivity contribution in [2.45, 2.75) is 26.3 Å². The average Bonchev–Trinajstić information content (AvgIpc) is 2.63. The second-order valence-electron chi connectivity index (χ2n) is 6.46. The lowest BCUT2D eigenvalue weighted by molar-refractivity contribution is 0.0939. The van der Waals surface area contributed by atoms with Crippen LogP contribution in [0.1, 0.15) is 28.5 Å². The highest BCUT2D eigenvalue weighted by atomic mass is 19.1. The van der Waals surface area contributed by atoms with Gasteiger partial charge in [-0.1, -0.05) is 6.07 Å². The molecule has 27 heavy (non-hydrogen) atoms. The Balaban J connectivity index is 1.80. The van der Waals surface area contributed by atoms with E-state index in [0.29, 0.717) is 17.0 Å². The number of carbonyl (C=O) groups is 1. The van der Waals surface area contributed by atoms with E-state index in [2.05, 4.69) is 10.3 Å². The summed E-state index contributed by atoms with van der Waals surface area (Å²) in [5, 5.41) is 3.60. The Morgan fingerprint density at radius 2 is 1.89 bits per heavy atom. The van der Waals surface area contributed by atoms with E-state index >= 15 is 0 Å². The standard InChI is InChI=1S/C21H20F2N2O2/c1-12(9-17-18(22)5-4-6-19(17)23)24-21(26)16-10-14-7-8-15(27-3)11-20(14)25-13(16)2/h4-8,10-12H,9H2,1-3H3,(H,24,26). The fourth-order valence-corrected chi connectivity index (χ4v) is 2.99. The second kappa shape index (κ2) is 7.70. The molecule has 3 aromatic rings. The molecule has 1 N–H and O–H groups in total. The van der Waals surface area contributed by atoms with Gasteiger partial charge in [0.2, 0.25) is 0 Å². The van der Waals surface area contributed by atoms with E-state index in [0.717, 1.165) is 10.9 Å². The van der Waals surface area contributed by atoms with Crippen LogP contribution >= 0.6 is 0 Å². The van der Waals surface area contributed by atoms with Gasteiger partial charge in [0.15, 0.2) is 0 Å². The number of rotatable bonds is 5. The number of hydrogen-bond donors (Lipinski definition) is 1. The molecule has 1 unspecified atom stereocenters. The average molecular weight is 370 g/mol. The van der Waals surface area contributed by atoms with Crippen LogP contribution in [0.3, 0.4) is 0 Å². The van der Waals surface area contributed by atoms with Gasteiger partial charge in [0.05, 0.1) is 23.9 Å². The van der Waals surface area contributed by atoms with E-state index in [1.165, 1.54) is 18.2 Å². The molecule has 0 aliphatic rings. The Bertz CT molecular complexity index is 985. The van der Waals surface area contributed by atoms with Crippen molar-refractivity contribution in [3.63, 3.8) is 0 Å². The molecule has 1 heterocycles. The van der Waals surface area contributed by atoms with Crippen molar-refractivity contribution in [1.29, 1.82) is 0 Å². The molecule has 0 bridgehead atoms. The number of carbonyl (C=O) groups excluding carboxylic acids is 1. The van der Waals surface area contributed by atoms with Crippen LogP contribution in [-0.2, 0) is 6.42 Å². The number of fused-ring (bicyclic) bond motifs is 1. The summed E-state index contributed by atoms with van der Waals surface area (Å²) in [6.07, 6.45) is 0.0570. The summed E-state index contributed by atoms with van der Waals surface area (Å²) in [5.41, 5.74) is 1.68. The Morgan fingerprint density at radius 1 is 1.19 bits per heavy atom. The monoisotopic (exact) mass is 370 g/mol. The molecule has 0 aliphatic heterocycles. The molecule has 1 aromatic heterocycles. The smallest absolute Gasteiger partial charge is 0.253 e. The molecular weight excluding hydrogens is 350 g/mol. The third kappa shape index (κ3) is 4.05. The molecule has 0 fully saturated rings. The number of hydrogen-bond acceptors (Lipinski definition) is 3. The first kappa shape index (κ1) is 18.8. The van der Waals surface area contributed by atoms with E-state index in [1.54, 1.807) is 39.2 Å². The van der Waals surface area contributed by atoms with E-state index < -0.39 is 17.7 Å². The van der Waals surface area contributed by atoms with Crippen LogP contribution in [0.25, 0.3) is 10.9 Å². The van der Waals surface area contributed by atoms with Gasteiger partial charge < -0.3 is 10.1 Å². The topological polar surface area (TPSA) is 51.2 Å². The van der Waals surface area contributed by atoms with Crippen LogP contribution in [0.15, 0.2) is 42.5 Å². The van der Waals surface area contributed by atoms with Crippen molar-refractivity contribution in [2.75, 3.05) is 7.11 Å². The van der Waals surface area contributed by atoms with Crippen molar-refractivity contribution in [2.24, 2.45) is 0 Å². The summed E-state index contributed by atoms with van der Waals surface area (Å²) < 4.78 is 32.8. The van der Waals surface area contributed by atoms with E-state index in [4.69, 9.17) is 4.74 Å². The molecule has 2 aromatic carbocycles. The predicted octanol–water partition coefficient (Wildman–Crippen LogP) is 4.19. The molecule has 0 aliphatic carbocycles. The molecule has 0 saturated carbocycles. The summed E-state index contributed by atoms with van der Waals surface area (Å²) in [4.78, 5) is 17.1. The first-order valence-electron chi connectivity index (χ1n) is 8.58. The van der Waals surface area contributed by atoms with Gasteiger partial charge in [-0.25, -0.2) is 8.78 Å². The zero-order valence-corrected chi connectivity index (χ0v) is 15.3. The van der Waals surface area contributed by atoms with Crippen LogP contribution in [0.4, 0.5) is 8.78 Å². The first-order chi connectivity index (χ1) is 12.9. The quantitative estimate of drug-likeness (QED) is 0.733. The van der Waals surface area contributed by atoms with Gasteiger partial charge in [-0.15, -0.1) is 0 Å². The molecular formula is C21H20F2N2O2. The molecule has 1 atom stereocenters. The highest BCUT2D eigenvalue weighted by Crippen LogP contribution is 2.22. The number of aryl methyl sites for hydroxylation is 1. The molecule has 0 radical (unpaired) electrons.